The van der Waals surface area contributed by atoms with Gasteiger partial charge in [-0.05, 0) is 0 Å². The van der Waals surface area contributed by atoms with E-state index in [0.717, 1.165) is 0 Å². The van der Waals surface area contributed by atoms with Crippen molar-refractivity contribution in [3.63, 3.8) is 0 Å². The zero-order valence-corrected chi connectivity index (χ0v) is 19.0. The molecular weight excluding hydrogens is 364 g/mol. The summed E-state index contributed by atoms with van der Waals surface area (Å²) in [6, 6.07) is 20.0. The van der Waals surface area contributed by atoms with Crippen molar-refractivity contribution in [2.24, 2.45) is 0 Å². The molecule has 0 bridgehead atoms. The van der Waals surface area contributed by atoms with Crippen molar-refractivity contribution in [2.75, 3.05) is 0 Å². The Hall–Kier alpha value is 0.0169. The third-order valence-corrected chi connectivity index (χ3v) is 5.87. The molecule has 0 saturated carbocycles. The molecule has 0 spiro atoms. The van der Waals surface area contributed by atoms with Gasteiger partial charge in [0.15, 0.2) is 0 Å². The minimum atomic E-state index is -0.862. The molecule has 114 valence electrons. The fourth-order valence-corrected chi connectivity index (χ4v) is 5.21. The molecule has 2 aromatic carbocycles. The normalized spacial score (nSPS) is 11.3. The molecule has 0 nitrogen and oxygen atoms in total. The molecule has 0 fully saturated rings. The van der Waals surface area contributed by atoms with Gasteiger partial charge in [0.2, 0.25) is 0 Å². The first-order valence-corrected chi connectivity index (χ1v) is 15.0. The SMILES string of the molecule is C[Si](C)(C)C[c-]1cccc1.C[Si](C)(C)C[c-]1cccc1.[Zr+2]. The zero-order valence-electron chi connectivity index (χ0n) is 14.5. The van der Waals surface area contributed by atoms with Gasteiger partial charge < -0.3 is 0 Å². The second-order valence-corrected chi connectivity index (χ2v) is 19.0. The standard InChI is InChI=1S/2C9H15Si.Zr/c2*1-10(2,3)8-9-6-4-5-7-9;/h2*4-7H,8H2,1-3H3;/q2*-1;+2. The Bertz CT molecular complexity index is 410. The summed E-state index contributed by atoms with van der Waals surface area (Å²) in [5, 5.41) is 0. The molecule has 21 heavy (non-hydrogen) atoms. The van der Waals surface area contributed by atoms with Crippen LogP contribution in [0.2, 0.25) is 39.3 Å². The van der Waals surface area contributed by atoms with Crippen LogP contribution in [0.4, 0.5) is 0 Å². The van der Waals surface area contributed by atoms with Crippen LogP contribution in [0.15, 0.2) is 48.5 Å². The van der Waals surface area contributed by atoms with Gasteiger partial charge in [-0.25, -0.2) is 24.3 Å². The van der Waals surface area contributed by atoms with Crippen LogP contribution in [0.1, 0.15) is 11.1 Å². The van der Waals surface area contributed by atoms with Gasteiger partial charge in [-0.15, -0.1) is 0 Å². The smallest absolute Gasteiger partial charge is 0.213 e. The van der Waals surface area contributed by atoms with Crippen molar-refractivity contribution in [2.45, 2.75) is 51.4 Å². The Morgan fingerprint density at radius 3 is 1.00 bits per heavy atom. The average Bonchev–Trinajstić information content (AvgIpc) is 2.87. The Labute approximate surface area is 152 Å². The topological polar surface area (TPSA) is 0 Å². The van der Waals surface area contributed by atoms with Crippen molar-refractivity contribution < 1.29 is 26.2 Å². The fraction of sp³-hybridized carbons (Fsp3) is 0.444. The number of rotatable bonds is 4. The Balaban J connectivity index is 0.000000364. The van der Waals surface area contributed by atoms with Gasteiger partial charge in [-0.1, -0.05) is 51.4 Å². The van der Waals surface area contributed by atoms with E-state index in [9.17, 15) is 0 Å². The van der Waals surface area contributed by atoms with E-state index in [-0.39, 0.29) is 26.2 Å². The molecule has 0 amide bonds. The van der Waals surface area contributed by atoms with E-state index >= 15 is 0 Å². The van der Waals surface area contributed by atoms with Gasteiger partial charge >= 0.3 is 26.2 Å². The largest absolute Gasteiger partial charge is 2.00 e. The summed E-state index contributed by atoms with van der Waals surface area (Å²) < 4.78 is 0. The predicted octanol–water partition coefficient (Wildman–Crippen LogP) is 5.65. The molecular formula is C18H30Si2Zr. The van der Waals surface area contributed by atoms with E-state index in [2.05, 4.69) is 87.8 Å². The van der Waals surface area contributed by atoms with E-state index in [0.29, 0.717) is 0 Å². The van der Waals surface area contributed by atoms with E-state index in [1.807, 2.05) is 0 Å². The maximum Gasteiger partial charge on any atom is 2.00 e. The predicted molar refractivity (Wildman–Crippen MR) is 98.2 cm³/mol. The summed E-state index contributed by atoms with van der Waals surface area (Å²) in [4.78, 5) is 0. The molecule has 0 aromatic heterocycles. The van der Waals surface area contributed by atoms with Crippen molar-refractivity contribution in [3.8, 4) is 0 Å². The molecule has 3 heteroatoms. The maximum atomic E-state index is 2.40. The molecule has 0 unspecified atom stereocenters. The zero-order chi connectivity index (χ0) is 15.2. The van der Waals surface area contributed by atoms with E-state index in [4.69, 9.17) is 0 Å². The molecule has 0 aliphatic heterocycles. The first kappa shape index (κ1) is 21.0. The van der Waals surface area contributed by atoms with Gasteiger partial charge in [0.25, 0.3) is 0 Å². The Morgan fingerprint density at radius 1 is 0.571 bits per heavy atom. The summed E-state index contributed by atoms with van der Waals surface area (Å²) in [5.74, 6) is 0. The maximum absolute atomic E-state index is 2.40. The first-order valence-electron chi connectivity index (χ1n) is 7.57. The van der Waals surface area contributed by atoms with Gasteiger partial charge in [0, 0.05) is 16.1 Å². The van der Waals surface area contributed by atoms with E-state index in [1.54, 1.807) is 0 Å². The molecule has 0 radical (unpaired) electrons. The van der Waals surface area contributed by atoms with Crippen LogP contribution in [0.25, 0.3) is 0 Å². The fourth-order valence-electron chi connectivity index (χ4n) is 2.29. The van der Waals surface area contributed by atoms with E-state index in [1.165, 1.54) is 23.2 Å². The molecule has 2 aromatic rings. The van der Waals surface area contributed by atoms with Crippen LogP contribution in [-0.4, -0.2) is 16.1 Å². The van der Waals surface area contributed by atoms with Gasteiger partial charge in [0.1, 0.15) is 0 Å². The van der Waals surface area contributed by atoms with Crippen molar-refractivity contribution in [1.29, 1.82) is 0 Å². The van der Waals surface area contributed by atoms with Crippen LogP contribution < -0.4 is 0 Å². The van der Waals surface area contributed by atoms with Gasteiger partial charge in [-0.2, -0.15) is 35.4 Å². The molecule has 0 saturated heterocycles. The molecule has 0 atom stereocenters. The second kappa shape index (κ2) is 9.22. The van der Waals surface area contributed by atoms with E-state index < -0.39 is 16.1 Å². The molecule has 0 heterocycles. The number of hydrogen-bond donors (Lipinski definition) is 0. The monoisotopic (exact) mass is 392 g/mol. The summed E-state index contributed by atoms with van der Waals surface area (Å²) >= 11 is 0. The Morgan fingerprint density at radius 2 is 0.810 bits per heavy atom. The Kier molecular flexibility index (Phi) is 9.23. The van der Waals surface area contributed by atoms with Crippen molar-refractivity contribution in [1.82, 2.24) is 0 Å². The quantitative estimate of drug-likeness (QED) is 0.465. The third-order valence-electron chi connectivity index (χ3n) is 2.93. The second-order valence-electron chi connectivity index (χ2n) is 8.06. The van der Waals surface area contributed by atoms with Crippen molar-refractivity contribution >= 4 is 16.1 Å². The summed E-state index contributed by atoms with van der Waals surface area (Å²) in [6.45, 7) is 14.4. The third kappa shape index (κ3) is 11.3. The van der Waals surface area contributed by atoms with Gasteiger partial charge in [0.05, 0.1) is 0 Å². The van der Waals surface area contributed by atoms with Crippen LogP contribution in [-0.2, 0) is 38.3 Å². The average molecular weight is 394 g/mol. The minimum Gasteiger partial charge on any atom is -0.213 e. The van der Waals surface area contributed by atoms with Crippen molar-refractivity contribution in [3.05, 3.63) is 59.7 Å². The van der Waals surface area contributed by atoms with Crippen LogP contribution >= 0.6 is 0 Å². The molecule has 0 aliphatic carbocycles. The molecule has 0 N–H and O–H groups in total. The summed E-state index contributed by atoms with van der Waals surface area (Å²) in [7, 11) is -1.72. The van der Waals surface area contributed by atoms with Crippen LogP contribution in [0.5, 0.6) is 0 Å². The first-order chi connectivity index (χ1) is 9.16. The van der Waals surface area contributed by atoms with Crippen LogP contribution in [0.3, 0.4) is 0 Å². The summed E-state index contributed by atoms with van der Waals surface area (Å²) in [6.07, 6.45) is 0. The minimum absolute atomic E-state index is 0. The summed E-state index contributed by atoms with van der Waals surface area (Å²) in [5.41, 5.74) is 3.03. The molecule has 0 aliphatic rings. The van der Waals surface area contributed by atoms with Gasteiger partial charge in [-0.3, -0.25) is 0 Å². The number of hydrogen-bond acceptors (Lipinski definition) is 0. The van der Waals surface area contributed by atoms with Crippen LogP contribution in [0, 0.1) is 0 Å². The molecule has 2 rings (SSSR count).